The Morgan fingerprint density at radius 1 is 0.842 bits per heavy atom. The SMILES string of the molecule is CN(C)c1cc2ncc1CCCCCCCCCC2. The molecule has 0 aromatic carbocycles. The van der Waals surface area contributed by atoms with Gasteiger partial charge >= 0.3 is 0 Å². The van der Waals surface area contributed by atoms with Gasteiger partial charge < -0.3 is 4.90 Å². The lowest BCUT2D eigenvalue weighted by molar-refractivity contribution is 0.563. The van der Waals surface area contributed by atoms with E-state index in [2.05, 4.69) is 36.2 Å². The van der Waals surface area contributed by atoms with Crippen molar-refractivity contribution in [2.45, 2.75) is 64.2 Å². The molecule has 1 aliphatic heterocycles. The summed E-state index contributed by atoms with van der Waals surface area (Å²) in [7, 11) is 4.29. The lowest BCUT2D eigenvalue weighted by atomic mass is 10.0. The van der Waals surface area contributed by atoms with E-state index in [1.54, 1.807) is 0 Å². The third-order valence-electron chi connectivity index (χ3n) is 4.13. The fourth-order valence-electron chi connectivity index (χ4n) is 2.94. The number of anilines is 1. The van der Waals surface area contributed by atoms with Crippen molar-refractivity contribution in [1.29, 1.82) is 0 Å². The molecule has 0 atom stereocenters. The second-order valence-corrected chi connectivity index (χ2v) is 6.03. The molecule has 1 aromatic heterocycles. The Labute approximate surface area is 118 Å². The molecule has 2 heteroatoms. The minimum Gasteiger partial charge on any atom is -0.377 e. The quantitative estimate of drug-likeness (QED) is 0.745. The van der Waals surface area contributed by atoms with Gasteiger partial charge in [-0.3, -0.25) is 4.98 Å². The lowest BCUT2D eigenvalue weighted by Gasteiger charge is -2.18. The topological polar surface area (TPSA) is 16.1 Å². The molecule has 2 aliphatic rings. The van der Waals surface area contributed by atoms with E-state index in [9.17, 15) is 0 Å². The van der Waals surface area contributed by atoms with E-state index < -0.39 is 0 Å². The maximum Gasteiger partial charge on any atom is 0.0427 e. The Morgan fingerprint density at radius 2 is 1.42 bits per heavy atom. The first-order chi connectivity index (χ1) is 9.27. The fraction of sp³-hybridized carbons (Fsp3) is 0.706. The molecule has 106 valence electrons. The van der Waals surface area contributed by atoms with Crippen LogP contribution in [-0.2, 0) is 12.8 Å². The molecule has 0 unspecified atom stereocenters. The van der Waals surface area contributed by atoms with E-state index in [0.717, 1.165) is 6.42 Å². The molecule has 1 aromatic rings. The summed E-state index contributed by atoms with van der Waals surface area (Å²) in [6.07, 6.45) is 15.4. The summed E-state index contributed by atoms with van der Waals surface area (Å²) in [6, 6.07) is 2.31. The van der Waals surface area contributed by atoms with E-state index in [4.69, 9.17) is 0 Å². The van der Waals surface area contributed by atoms with Gasteiger partial charge in [0, 0.05) is 31.7 Å². The van der Waals surface area contributed by atoms with Gasteiger partial charge in [-0.25, -0.2) is 0 Å². The number of nitrogens with zero attached hydrogens (tertiary/aromatic N) is 2. The minimum atomic E-state index is 1.14. The molecule has 0 saturated carbocycles. The molecule has 0 fully saturated rings. The molecule has 0 N–H and O–H groups in total. The first-order valence-electron chi connectivity index (χ1n) is 7.92. The molecule has 2 nitrogen and oxygen atoms in total. The molecular formula is C17H28N2. The van der Waals surface area contributed by atoms with Crippen molar-refractivity contribution in [2.24, 2.45) is 0 Å². The molecule has 0 amide bonds. The second kappa shape index (κ2) is 7.52. The number of fused-ring (bicyclic) bond motifs is 11. The van der Waals surface area contributed by atoms with Crippen LogP contribution in [0, 0.1) is 0 Å². The Balaban J connectivity index is 2.13. The lowest BCUT2D eigenvalue weighted by Crippen LogP contribution is -2.12. The number of aryl methyl sites for hydroxylation is 2. The van der Waals surface area contributed by atoms with E-state index in [1.807, 2.05) is 0 Å². The molecule has 0 saturated heterocycles. The highest BCUT2D eigenvalue weighted by Crippen LogP contribution is 2.23. The molecular weight excluding hydrogens is 232 g/mol. The van der Waals surface area contributed by atoms with Gasteiger partial charge in [0.15, 0.2) is 0 Å². The largest absolute Gasteiger partial charge is 0.377 e. The molecule has 1 aliphatic carbocycles. The van der Waals surface area contributed by atoms with E-state index in [-0.39, 0.29) is 0 Å². The third-order valence-corrected chi connectivity index (χ3v) is 4.13. The van der Waals surface area contributed by atoms with Crippen LogP contribution >= 0.6 is 0 Å². The van der Waals surface area contributed by atoms with Gasteiger partial charge in [0.1, 0.15) is 0 Å². The van der Waals surface area contributed by atoms with E-state index in [1.165, 1.54) is 74.7 Å². The van der Waals surface area contributed by atoms with Crippen LogP contribution in [0.15, 0.2) is 12.3 Å². The van der Waals surface area contributed by atoms with Crippen molar-refractivity contribution < 1.29 is 0 Å². The summed E-state index contributed by atoms with van der Waals surface area (Å²) in [4.78, 5) is 6.91. The van der Waals surface area contributed by atoms with Gasteiger partial charge in [0.25, 0.3) is 0 Å². The highest BCUT2D eigenvalue weighted by Gasteiger charge is 2.08. The van der Waals surface area contributed by atoms with Crippen LogP contribution < -0.4 is 4.90 Å². The summed E-state index contributed by atoms with van der Waals surface area (Å²) in [5, 5.41) is 0. The maximum atomic E-state index is 4.66. The van der Waals surface area contributed by atoms with Crippen molar-refractivity contribution in [3.05, 3.63) is 23.5 Å². The van der Waals surface area contributed by atoms with Crippen LogP contribution in [0.25, 0.3) is 0 Å². The van der Waals surface area contributed by atoms with Crippen molar-refractivity contribution in [2.75, 3.05) is 19.0 Å². The molecule has 3 rings (SSSR count). The van der Waals surface area contributed by atoms with Gasteiger partial charge in [-0.1, -0.05) is 38.5 Å². The number of hydrogen-bond donors (Lipinski definition) is 0. The molecule has 0 radical (unpaired) electrons. The molecule has 19 heavy (non-hydrogen) atoms. The van der Waals surface area contributed by atoms with Gasteiger partial charge in [0.05, 0.1) is 0 Å². The van der Waals surface area contributed by atoms with Crippen LogP contribution in [-0.4, -0.2) is 19.1 Å². The van der Waals surface area contributed by atoms with Crippen LogP contribution in [0.4, 0.5) is 5.69 Å². The molecule has 2 heterocycles. The summed E-state index contributed by atoms with van der Waals surface area (Å²) >= 11 is 0. The van der Waals surface area contributed by atoms with Crippen LogP contribution in [0.3, 0.4) is 0 Å². The normalized spacial score (nSPS) is 18.0. The Kier molecular flexibility index (Phi) is 5.68. The Bertz CT molecular complexity index is 385. The van der Waals surface area contributed by atoms with E-state index >= 15 is 0 Å². The Morgan fingerprint density at radius 3 is 2.05 bits per heavy atom. The molecule has 2 bridgehead atoms. The number of rotatable bonds is 1. The Hall–Kier alpha value is -1.05. The van der Waals surface area contributed by atoms with Crippen LogP contribution in [0.2, 0.25) is 0 Å². The standard InChI is InChI=1S/C17H28N2/c1-19(2)17-13-16-12-10-8-6-4-3-5-7-9-11-15(17)14-18-16/h13-14H,3-12H2,1-2H3. The minimum absolute atomic E-state index is 1.14. The highest BCUT2D eigenvalue weighted by atomic mass is 15.1. The summed E-state index contributed by atoms with van der Waals surface area (Å²) in [6.45, 7) is 0. The van der Waals surface area contributed by atoms with Crippen molar-refractivity contribution in [3.8, 4) is 0 Å². The predicted octanol–water partition coefficient (Wildman–Crippen LogP) is 4.37. The van der Waals surface area contributed by atoms with Crippen molar-refractivity contribution in [1.82, 2.24) is 4.98 Å². The van der Waals surface area contributed by atoms with Crippen molar-refractivity contribution in [3.63, 3.8) is 0 Å². The average molecular weight is 260 g/mol. The summed E-state index contributed by atoms with van der Waals surface area (Å²) in [5.41, 5.74) is 4.07. The zero-order valence-electron chi connectivity index (χ0n) is 12.6. The zero-order valence-corrected chi connectivity index (χ0v) is 12.6. The van der Waals surface area contributed by atoms with Crippen LogP contribution in [0.1, 0.15) is 62.6 Å². The number of pyridine rings is 1. The summed E-state index contributed by atoms with van der Waals surface area (Å²) < 4.78 is 0. The number of hydrogen-bond acceptors (Lipinski definition) is 2. The second-order valence-electron chi connectivity index (χ2n) is 6.03. The maximum absolute atomic E-state index is 4.66. The summed E-state index contributed by atoms with van der Waals surface area (Å²) in [5.74, 6) is 0. The first-order valence-corrected chi connectivity index (χ1v) is 7.92. The van der Waals surface area contributed by atoms with Gasteiger partial charge in [-0.05, 0) is 37.3 Å². The predicted molar refractivity (Wildman–Crippen MR) is 82.9 cm³/mol. The van der Waals surface area contributed by atoms with Gasteiger partial charge in [-0.15, -0.1) is 0 Å². The van der Waals surface area contributed by atoms with E-state index in [0.29, 0.717) is 0 Å². The van der Waals surface area contributed by atoms with Crippen LogP contribution in [0.5, 0.6) is 0 Å². The number of aromatic nitrogens is 1. The zero-order chi connectivity index (χ0) is 13.5. The average Bonchev–Trinajstić information content (AvgIpc) is 2.41. The first kappa shape index (κ1) is 14.4. The van der Waals surface area contributed by atoms with Gasteiger partial charge in [0.2, 0.25) is 0 Å². The monoisotopic (exact) mass is 260 g/mol. The van der Waals surface area contributed by atoms with Gasteiger partial charge in [-0.2, -0.15) is 0 Å². The highest BCUT2D eigenvalue weighted by molar-refractivity contribution is 5.52. The smallest absolute Gasteiger partial charge is 0.0427 e. The third kappa shape index (κ3) is 4.52. The van der Waals surface area contributed by atoms with Crippen molar-refractivity contribution >= 4 is 5.69 Å². The fourth-order valence-corrected chi connectivity index (χ4v) is 2.94. The molecule has 0 spiro atoms.